The number of carboxylic acids is 1. The number of carboxylic acid groups (broad SMARTS) is 1. The molecule has 0 saturated carbocycles. The summed E-state index contributed by atoms with van der Waals surface area (Å²) in [6.45, 7) is 5.79. The Hall–Kier alpha value is -1.91. The Labute approximate surface area is 104 Å². The van der Waals surface area contributed by atoms with Crippen molar-refractivity contribution < 1.29 is 14.3 Å². The molecule has 0 bridgehead atoms. The first-order valence-corrected chi connectivity index (χ1v) is 5.68. The maximum atomic E-state index is 13.7. The van der Waals surface area contributed by atoms with Crippen LogP contribution in [-0.2, 0) is 16.6 Å². The molecule has 2 aromatic rings. The quantitative estimate of drug-likeness (QED) is 0.890. The molecule has 5 heteroatoms. The molecule has 0 radical (unpaired) electrons. The lowest BCUT2D eigenvalue weighted by Crippen LogP contribution is -2.16. The van der Waals surface area contributed by atoms with Crippen molar-refractivity contribution in [2.75, 3.05) is 0 Å². The van der Waals surface area contributed by atoms with Gasteiger partial charge in [0.2, 0.25) is 0 Å². The summed E-state index contributed by atoms with van der Waals surface area (Å²) in [5.41, 5.74) is 1.00. The third kappa shape index (κ3) is 2.08. The Balaban J connectivity index is 2.76. The molecule has 2 heterocycles. The summed E-state index contributed by atoms with van der Waals surface area (Å²) in [7, 11) is 0. The molecule has 0 aliphatic rings. The highest BCUT2D eigenvalue weighted by molar-refractivity contribution is 5.71. The van der Waals surface area contributed by atoms with Crippen LogP contribution in [0.5, 0.6) is 0 Å². The fourth-order valence-corrected chi connectivity index (χ4v) is 2.00. The van der Waals surface area contributed by atoms with E-state index in [0.29, 0.717) is 11.4 Å². The zero-order chi connectivity index (χ0) is 13.5. The van der Waals surface area contributed by atoms with Gasteiger partial charge < -0.3 is 9.51 Å². The monoisotopic (exact) mass is 250 g/mol. The van der Waals surface area contributed by atoms with Crippen LogP contribution in [0.2, 0.25) is 0 Å². The molecule has 4 nitrogen and oxygen atoms in total. The molecule has 96 valence electrons. The van der Waals surface area contributed by atoms with Gasteiger partial charge in [-0.2, -0.15) is 0 Å². The predicted octanol–water partition coefficient (Wildman–Crippen LogP) is 2.40. The van der Waals surface area contributed by atoms with Gasteiger partial charge in [-0.1, -0.05) is 20.8 Å². The summed E-state index contributed by atoms with van der Waals surface area (Å²) in [6.07, 6.45) is 1.47. The molecule has 1 N–H and O–H groups in total. The normalized spacial score (nSPS) is 12.0. The first-order valence-electron chi connectivity index (χ1n) is 5.68. The van der Waals surface area contributed by atoms with E-state index in [1.165, 1.54) is 10.5 Å². The van der Waals surface area contributed by atoms with Crippen molar-refractivity contribution in [1.29, 1.82) is 0 Å². The molecular formula is C13H15FN2O2. The zero-order valence-electron chi connectivity index (χ0n) is 10.6. The SMILES string of the molecule is CC(C)(C)c1nc2c(F)cccn2c1CC(=O)O. The summed E-state index contributed by atoms with van der Waals surface area (Å²) in [4.78, 5) is 15.2. The summed E-state index contributed by atoms with van der Waals surface area (Å²) in [6, 6.07) is 2.86. The van der Waals surface area contributed by atoms with E-state index in [-0.39, 0.29) is 17.5 Å². The first kappa shape index (κ1) is 12.5. The maximum Gasteiger partial charge on any atom is 0.309 e. The average Bonchev–Trinajstić information content (AvgIpc) is 2.57. The summed E-state index contributed by atoms with van der Waals surface area (Å²) < 4.78 is 15.2. The Morgan fingerprint density at radius 1 is 1.50 bits per heavy atom. The molecule has 0 aliphatic heterocycles. The van der Waals surface area contributed by atoms with Gasteiger partial charge in [-0.3, -0.25) is 4.79 Å². The fraction of sp³-hybridized carbons (Fsp3) is 0.385. The molecule has 0 aromatic carbocycles. The van der Waals surface area contributed by atoms with Crippen LogP contribution < -0.4 is 0 Å². The van der Waals surface area contributed by atoms with Crippen LogP contribution in [0.3, 0.4) is 0 Å². The Kier molecular flexibility index (Phi) is 2.84. The smallest absolute Gasteiger partial charge is 0.309 e. The van der Waals surface area contributed by atoms with Gasteiger partial charge in [0, 0.05) is 11.6 Å². The van der Waals surface area contributed by atoms with Gasteiger partial charge in [-0.15, -0.1) is 0 Å². The van der Waals surface area contributed by atoms with E-state index in [4.69, 9.17) is 5.11 Å². The van der Waals surface area contributed by atoms with Gasteiger partial charge in [-0.25, -0.2) is 9.37 Å². The van der Waals surface area contributed by atoms with E-state index in [2.05, 4.69) is 4.98 Å². The van der Waals surface area contributed by atoms with Gasteiger partial charge in [0.25, 0.3) is 0 Å². The molecular weight excluding hydrogens is 235 g/mol. The molecule has 0 atom stereocenters. The molecule has 0 spiro atoms. The summed E-state index contributed by atoms with van der Waals surface area (Å²) in [5.74, 6) is -1.40. The van der Waals surface area contributed by atoms with E-state index in [1.807, 2.05) is 20.8 Å². The highest BCUT2D eigenvalue weighted by Crippen LogP contribution is 2.27. The second-order valence-corrected chi connectivity index (χ2v) is 5.28. The minimum Gasteiger partial charge on any atom is -0.481 e. The zero-order valence-corrected chi connectivity index (χ0v) is 10.6. The summed E-state index contributed by atoms with van der Waals surface area (Å²) >= 11 is 0. The Bertz CT molecular complexity index is 611. The lowest BCUT2D eigenvalue weighted by atomic mass is 9.90. The van der Waals surface area contributed by atoms with Gasteiger partial charge in [0.05, 0.1) is 17.8 Å². The van der Waals surface area contributed by atoms with Crippen molar-refractivity contribution >= 4 is 11.6 Å². The van der Waals surface area contributed by atoms with Crippen LogP contribution in [0.25, 0.3) is 5.65 Å². The Morgan fingerprint density at radius 3 is 2.72 bits per heavy atom. The maximum absolute atomic E-state index is 13.7. The van der Waals surface area contributed by atoms with Crippen molar-refractivity contribution in [1.82, 2.24) is 9.38 Å². The third-order valence-electron chi connectivity index (χ3n) is 2.73. The molecule has 0 saturated heterocycles. The van der Waals surface area contributed by atoms with Crippen LogP contribution >= 0.6 is 0 Å². The third-order valence-corrected chi connectivity index (χ3v) is 2.73. The highest BCUT2D eigenvalue weighted by Gasteiger charge is 2.25. The molecule has 0 amide bonds. The molecule has 18 heavy (non-hydrogen) atoms. The van der Waals surface area contributed by atoms with Crippen LogP contribution in [0, 0.1) is 5.82 Å². The van der Waals surface area contributed by atoms with Crippen molar-refractivity contribution in [3.63, 3.8) is 0 Å². The minimum absolute atomic E-state index is 0.169. The van der Waals surface area contributed by atoms with Gasteiger partial charge in [0.1, 0.15) is 0 Å². The summed E-state index contributed by atoms with van der Waals surface area (Å²) in [5, 5.41) is 8.97. The van der Waals surface area contributed by atoms with Gasteiger partial charge in [0.15, 0.2) is 11.5 Å². The van der Waals surface area contributed by atoms with E-state index in [0.717, 1.165) is 0 Å². The number of pyridine rings is 1. The van der Waals surface area contributed by atoms with Crippen molar-refractivity contribution in [2.45, 2.75) is 32.6 Å². The van der Waals surface area contributed by atoms with Gasteiger partial charge >= 0.3 is 5.97 Å². The van der Waals surface area contributed by atoms with E-state index in [1.54, 1.807) is 12.3 Å². The van der Waals surface area contributed by atoms with E-state index in [9.17, 15) is 9.18 Å². The lowest BCUT2D eigenvalue weighted by Gasteiger charge is -2.17. The fourth-order valence-electron chi connectivity index (χ4n) is 2.00. The number of nitrogens with zero attached hydrogens (tertiary/aromatic N) is 2. The number of hydrogen-bond acceptors (Lipinski definition) is 2. The molecule has 2 aromatic heterocycles. The Morgan fingerprint density at radius 2 is 2.17 bits per heavy atom. The molecule has 0 unspecified atom stereocenters. The number of halogens is 1. The lowest BCUT2D eigenvalue weighted by molar-refractivity contribution is -0.136. The van der Waals surface area contributed by atoms with Crippen molar-refractivity contribution in [3.8, 4) is 0 Å². The van der Waals surface area contributed by atoms with E-state index >= 15 is 0 Å². The molecule has 0 aliphatic carbocycles. The largest absolute Gasteiger partial charge is 0.481 e. The first-order chi connectivity index (χ1) is 8.30. The second kappa shape index (κ2) is 4.08. The highest BCUT2D eigenvalue weighted by atomic mass is 19.1. The number of carbonyl (C=O) groups is 1. The molecule has 2 rings (SSSR count). The van der Waals surface area contributed by atoms with E-state index < -0.39 is 11.8 Å². The van der Waals surface area contributed by atoms with Crippen LogP contribution in [-0.4, -0.2) is 20.5 Å². The number of imidazole rings is 1. The van der Waals surface area contributed by atoms with Crippen molar-refractivity contribution in [3.05, 3.63) is 35.5 Å². The van der Waals surface area contributed by atoms with Gasteiger partial charge in [-0.05, 0) is 12.1 Å². The number of fused-ring (bicyclic) bond motifs is 1. The minimum atomic E-state index is -0.952. The predicted molar refractivity (Wildman–Crippen MR) is 65.2 cm³/mol. The average molecular weight is 250 g/mol. The number of aliphatic carboxylic acids is 1. The van der Waals surface area contributed by atoms with Crippen LogP contribution in [0.4, 0.5) is 4.39 Å². The number of aromatic nitrogens is 2. The topological polar surface area (TPSA) is 54.6 Å². The second-order valence-electron chi connectivity index (χ2n) is 5.28. The molecule has 0 fully saturated rings. The number of hydrogen-bond donors (Lipinski definition) is 1. The van der Waals surface area contributed by atoms with Crippen molar-refractivity contribution in [2.24, 2.45) is 0 Å². The standard InChI is InChI=1S/C13H15FN2O2/c1-13(2,3)11-9(7-10(17)18)16-6-4-5-8(14)12(16)15-11/h4-6H,7H2,1-3H3,(H,17,18). The number of rotatable bonds is 2. The van der Waals surface area contributed by atoms with Crippen LogP contribution in [0.1, 0.15) is 32.2 Å². The van der Waals surface area contributed by atoms with Crippen LogP contribution in [0.15, 0.2) is 18.3 Å².